The molecule has 0 fully saturated rings. The summed E-state index contributed by atoms with van der Waals surface area (Å²) in [6.45, 7) is 2.07. The van der Waals surface area contributed by atoms with Gasteiger partial charge < -0.3 is 10.1 Å². The van der Waals surface area contributed by atoms with Crippen molar-refractivity contribution in [1.29, 1.82) is 0 Å². The van der Waals surface area contributed by atoms with Gasteiger partial charge in [0.15, 0.2) is 11.5 Å². The van der Waals surface area contributed by atoms with Crippen LogP contribution >= 0.6 is 0 Å². The Hall–Kier alpha value is -3.03. The number of nitrogens with one attached hydrogen (secondary N) is 1. The quantitative estimate of drug-likeness (QED) is 0.764. The van der Waals surface area contributed by atoms with Crippen LogP contribution in [0.1, 0.15) is 21.9 Å². The number of amides is 1. The molecule has 3 rings (SSSR count). The Morgan fingerprint density at radius 2 is 2.14 bits per heavy atom. The molecule has 112 valence electrons. The molecule has 3 aromatic heterocycles. The van der Waals surface area contributed by atoms with E-state index in [2.05, 4.69) is 25.6 Å². The Bertz CT molecular complexity index is 812. The summed E-state index contributed by atoms with van der Waals surface area (Å²) >= 11 is 0. The average molecular weight is 298 g/mol. The summed E-state index contributed by atoms with van der Waals surface area (Å²) in [5.41, 5.74) is 1.93. The molecule has 0 spiro atoms. The molecule has 8 heteroatoms. The molecular weight excluding hydrogens is 284 g/mol. The number of carbonyl (C=O) groups is 1. The second-order valence-electron chi connectivity index (χ2n) is 4.63. The third-order valence-corrected chi connectivity index (χ3v) is 3.09. The van der Waals surface area contributed by atoms with E-state index in [-0.39, 0.29) is 12.5 Å². The van der Waals surface area contributed by atoms with Crippen LogP contribution in [0, 0.1) is 6.92 Å². The molecule has 1 N–H and O–H groups in total. The van der Waals surface area contributed by atoms with Crippen LogP contribution in [0.4, 0.5) is 0 Å². The average Bonchev–Trinajstić information content (AvgIpc) is 2.95. The lowest BCUT2D eigenvalue weighted by atomic mass is 10.2. The van der Waals surface area contributed by atoms with Crippen LogP contribution in [0.2, 0.25) is 0 Å². The van der Waals surface area contributed by atoms with Crippen molar-refractivity contribution in [3.05, 3.63) is 47.5 Å². The van der Waals surface area contributed by atoms with Gasteiger partial charge in [-0.3, -0.25) is 9.78 Å². The van der Waals surface area contributed by atoms with Gasteiger partial charge in [-0.15, -0.1) is 15.3 Å². The molecule has 3 heterocycles. The Kier molecular flexibility index (Phi) is 3.65. The third kappa shape index (κ3) is 2.71. The zero-order valence-electron chi connectivity index (χ0n) is 12.1. The maximum Gasteiger partial charge on any atom is 0.253 e. The SMILES string of the molecule is COc1ccc2nnc(CNC(=O)c3ccc(C)nc3)n2n1. The van der Waals surface area contributed by atoms with Gasteiger partial charge in [-0.05, 0) is 25.1 Å². The van der Waals surface area contributed by atoms with Crippen LogP contribution in [-0.2, 0) is 6.54 Å². The van der Waals surface area contributed by atoms with Crippen molar-refractivity contribution in [2.75, 3.05) is 7.11 Å². The summed E-state index contributed by atoms with van der Waals surface area (Å²) < 4.78 is 6.60. The van der Waals surface area contributed by atoms with E-state index in [1.54, 1.807) is 24.3 Å². The molecule has 0 saturated heterocycles. The predicted octanol–water partition coefficient (Wildman–Crippen LogP) is 0.766. The maximum atomic E-state index is 12.1. The van der Waals surface area contributed by atoms with Gasteiger partial charge in [-0.1, -0.05) is 0 Å². The highest BCUT2D eigenvalue weighted by Crippen LogP contribution is 2.08. The van der Waals surface area contributed by atoms with Crippen LogP contribution in [0.25, 0.3) is 5.65 Å². The molecule has 8 nitrogen and oxygen atoms in total. The summed E-state index contributed by atoms with van der Waals surface area (Å²) in [6.07, 6.45) is 1.54. The molecular formula is C14H14N6O2. The van der Waals surface area contributed by atoms with Gasteiger partial charge in [0, 0.05) is 18.0 Å². The maximum absolute atomic E-state index is 12.1. The van der Waals surface area contributed by atoms with E-state index < -0.39 is 0 Å². The Morgan fingerprint density at radius 1 is 1.27 bits per heavy atom. The molecule has 0 aromatic carbocycles. The lowest BCUT2D eigenvalue weighted by Gasteiger charge is -2.04. The van der Waals surface area contributed by atoms with Gasteiger partial charge in [0.25, 0.3) is 5.91 Å². The fourth-order valence-corrected chi connectivity index (χ4v) is 1.90. The van der Waals surface area contributed by atoms with E-state index in [4.69, 9.17) is 4.74 Å². The number of hydrogen-bond acceptors (Lipinski definition) is 6. The number of rotatable bonds is 4. The smallest absolute Gasteiger partial charge is 0.253 e. The van der Waals surface area contributed by atoms with Gasteiger partial charge in [-0.25, -0.2) is 0 Å². The van der Waals surface area contributed by atoms with Gasteiger partial charge in [0.05, 0.1) is 19.2 Å². The monoisotopic (exact) mass is 298 g/mol. The zero-order valence-corrected chi connectivity index (χ0v) is 12.1. The number of fused-ring (bicyclic) bond motifs is 1. The van der Waals surface area contributed by atoms with E-state index in [1.165, 1.54) is 17.8 Å². The van der Waals surface area contributed by atoms with Crippen molar-refractivity contribution in [3.8, 4) is 5.88 Å². The van der Waals surface area contributed by atoms with Crippen molar-refractivity contribution < 1.29 is 9.53 Å². The van der Waals surface area contributed by atoms with E-state index in [0.29, 0.717) is 22.9 Å². The summed E-state index contributed by atoms with van der Waals surface area (Å²) in [5, 5.41) is 15.0. The number of hydrogen-bond donors (Lipinski definition) is 1. The number of ether oxygens (including phenoxy) is 1. The van der Waals surface area contributed by atoms with E-state index >= 15 is 0 Å². The first kappa shape index (κ1) is 13.9. The Balaban J connectivity index is 1.76. The lowest BCUT2D eigenvalue weighted by molar-refractivity contribution is 0.0949. The number of carbonyl (C=O) groups excluding carboxylic acids is 1. The fraction of sp³-hybridized carbons (Fsp3) is 0.214. The van der Waals surface area contributed by atoms with Crippen LogP contribution in [0.5, 0.6) is 5.88 Å². The van der Waals surface area contributed by atoms with Crippen molar-refractivity contribution >= 4 is 11.6 Å². The summed E-state index contributed by atoms with van der Waals surface area (Å²) in [7, 11) is 1.53. The van der Waals surface area contributed by atoms with E-state index in [0.717, 1.165) is 5.69 Å². The molecule has 0 aliphatic carbocycles. The van der Waals surface area contributed by atoms with Crippen LogP contribution in [-0.4, -0.2) is 37.8 Å². The molecule has 22 heavy (non-hydrogen) atoms. The molecule has 0 unspecified atom stereocenters. The summed E-state index contributed by atoms with van der Waals surface area (Å²) in [4.78, 5) is 16.2. The molecule has 0 saturated carbocycles. The van der Waals surface area contributed by atoms with Gasteiger partial charge >= 0.3 is 0 Å². The first-order valence-corrected chi connectivity index (χ1v) is 6.63. The van der Waals surface area contributed by atoms with E-state index in [9.17, 15) is 4.79 Å². The van der Waals surface area contributed by atoms with Gasteiger partial charge in [0.1, 0.15) is 0 Å². The first-order chi connectivity index (χ1) is 10.7. The van der Waals surface area contributed by atoms with Crippen molar-refractivity contribution in [2.24, 2.45) is 0 Å². The molecule has 0 aliphatic heterocycles. The standard InChI is InChI=1S/C14H14N6O2/c1-9-3-4-10(7-15-9)14(21)16-8-12-18-17-11-5-6-13(22-2)19-20(11)12/h3-7H,8H2,1-2H3,(H,16,21). The Morgan fingerprint density at radius 3 is 2.86 bits per heavy atom. The van der Waals surface area contributed by atoms with Crippen LogP contribution in [0.3, 0.4) is 0 Å². The molecule has 0 atom stereocenters. The largest absolute Gasteiger partial charge is 0.480 e. The number of aryl methyl sites for hydroxylation is 1. The summed E-state index contributed by atoms with van der Waals surface area (Å²) in [5.74, 6) is 0.733. The minimum Gasteiger partial charge on any atom is -0.480 e. The molecule has 1 amide bonds. The predicted molar refractivity (Wildman–Crippen MR) is 77.5 cm³/mol. The number of aromatic nitrogens is 5. The van der Waals surface area contributed by atoms with Gasteiger partial charge in [0.2, 0.25) is 5.88 Å². The molecule has 0 radical (unpaired) electrons. The molecule has 3 aromatic rings. The molecule has 0 bridgehead atoms. The van der Waals surface area contributed by atoms with Crippen molar-refractivity contribution in [1.82, 2.24) is 30.1 Å². The topological polar surface area (TPSA) is 94.3 Å². The third-order valence-electron chi connectivity index (χ3n) is 3.09. The highest BCUT2D eigenvalue weighted by Gasteiger charge is 2.11. The minimum absolute atomic E-state index is 0.202. The van der Waals surface area contributed by atoms with Crippen molar-refractivity contribution in [3.63, 3.8) is 0 Å². The highest BCUT2D eigenvalue weighted by atomic mass is 16.5. The van der Waals surface area contributed by atoms with E-state index in [1.807, 2.05) is 6.92 Å². The minimum atomic E-state index is -0.229. The number of pyridine rings is 1. The van der Waals surface area contributed by atoms with Crippen molar-refractivity contribution in [2.45, 2.75) is 13.5 Å². The highest BCUT2D eigenvalue weighted by molar-refractivity contribution is 5.93. The summed E-state index contributed by atoms with van der Waals surface area (Å²) in [6, 6.07) is 6.95. The zero-order chi connectivity index (χ0) is 15.5. The van der Waals surface area contributed by atoms with Crippen LogP contribution < -0.4 is 10.1 Å². The second-order valence-corrected chi connectivity index (χ2v) is 4.63. The first-order valence-electron chi connectivity index (χ1n) is 6.63. The van der Waals surface area contributed by atoms with Crippen LogP contribution in [0.15, 0.2) is 30.5 Å². The van der Waals surface area contributed by atoms with Gasteiger partial charge in [-0.2, -0.15) is 4.52 Å². The number of nitrogens with zero attached hydrogens (tertiary/aromatic N) is 5. The Labute approximate surface area is 126 Å². The molecule has 0 aliphatic rings. The second kappa shape index (κ2) is 5.76. The lowest BCUT2D eigenvalue weighted by Crippen LogP contribution is -2.24. The fourth-order valence-electron chi connectivity index (χ4n) is 1.90. The normalized spacial score (nSPS) is 10.6. The number of methoxy groups -OCH3 is 1.